The number of amides is 1. The van der Waals surface area contributed by atoms with Gasteiger partial charge in [-0.05, 0) is 38.1 Å². The van der Waals surface area contributed by atoms with E-state index in [1.807, 2.05) is 23.1 Å². The van der Waals surface area contributed by atoms with Gasteiger partial charge in [0.15, 0.2) is 0 Å². The van der Waals surface area contributed by atoms with E-state index in [9.17, 15) is 4.79 Å². The minimum atomic E-state index is 0.278. The van der Waals surface area contributed by atoms with Crippen molar-refractivity contribution < 1.29 is 4.79 Å². The maximum absolute atomic E-state index is 12.2. The second-order valence-electron chi connectivity index (χ2n) is 5.45. The SMILES string of the molecule is CCN(C)CC1CCN(C(=O)CSc2ccccc2)C1. The molecule has 1 amide bonds. The van der Waals surface area contributed by atoms with E-state index in [1.54, 1.807) is 11.8 Å². The van der Waals surface area contributed by atoms with Gasteiger partial charge >= 0.3 is 0 Å². The van der Waals surface area contributed by atoms with Gasteiger partial charge < -0.3 is 9.80 Å². The van der Waals surface area contributed by atoms with Crippen LogP contribution < -0.4 is 0 Å². The van der Waals surface area contributed by atoms with Crippen LogP contribution in [-0.2, 0) is 4.79 Å². The fourth-order valence-corrected chi connectivity index (χ4v) is 3.35. The van der Waals surface area contributed by atoms with E-state index in [-0.39, 0.29) is 5.91 Å². The van der Waals surface area contributed by atoms with Crippen LogP contribution in [0.15, 0.2) is 35.2 Å². The highest BCUT2D eigenvalue weighted by atomic mass is 32.2. The number of nitrogens with zero attached hydrogens (tertiary/aromatic N) is 2. The van der Waals surface area contributed by atoms with Gasteiger partial charge in [-0.2, -0.15) is 0 Å². The summed E-state index contributed by atoms with van der Waals surface area (Å²) < 4.78 is 0. The molecule has 1 aliphatic heterocycles. The Labute approximate surface area is 126 Å². The van der Waals surface area contributed by atoms with Gasteiger partial charge in [0.2, 0.25) is 5.91 Å². The maximum atomic E-state index is 12.2. The molecule has 20 heavy (non-hydrogen) atoms. The molecule has 0 N–H and O–H groups in total. The molecule has 1 aromatic carbocycles. The van der Waals surface area contributed by atoms with Gasteiger partial charge in [0, 0.05) is 24.5 Å². The van der Waals surface area contributed by atoms with Crippen molar-refractivity contribution >= 4 is 17.7 Å². The predicted molar refractivity (Wildman–Crippen MR) is 85.0 cm³/mol. The molecule has 0 bridgehead atoms. The van der Waals surface area contributed by atoms with Crippen molar-refractivity contribution in [2.45, 2.75) is 18.2 Å². The highest BCUT2D eigenvalue weighted by Crippen LogP contribution is 2.21. The first-order chi connectivity index (χ1) is 9.69. The molecule has 1 heterocycles. The minimum Gasteiger partial charge on any atom is -0.342 e. The Morgan fingerprint density at radius 1 is 1.40 bits per heavy atom. The highest BCUT2D eigenvalue weighted by Gasteiger charge is 2.26. The first kappa shape index (κ1) is 15.4. The monoisotopic (exact) mass is 292 g/mol. The molecule has 0 spiro atoms. The summed E-state index contributed by atoms with van der Waals surface area (Å²) in [4.78, 5) is 17.7. The van der Waals surface area contributed by atoms with Crippen LogP contribution in [0.3, 0.4) is 0 Å². The summed E-state index contributed by atoms with van der Waals surface area (Å²) in [7, 11) is 2.15. The average Bonchev–Trinajstić information content (AvgIpc) is 2.94. The Hall–Kier alpha value is -1.00. The third-order valence-corrected chi connectivity index (χ3v) is 4.85. The van der Waals surface area contributed by atoms with Gasteiger partial charge in [0.25, 0.3) is 0 Å². The van der Waals surface area contributed by atoms with Crippen LogP contribution in [0.1, 0.15) is 13.3 Å². The van der Waals surface area contributed by atoms with Crippen molar-refractivity contribution in [3.8, 4) is 0 Å². The molecule has 0 aromatic heterocycles. The highest BCUT2D eigenvalue weighted by molar-refractivity contribution is 8.00. The van der Waals surface area contributed by atoms with Crippen LogP contribution in [0.4, 0.5) is 0 Å². The van der Waals surface area contributed by atoms with Gasteiger partial charge in [0.05, 0.1) is 5.75 Å². The van der Waals surface area contributed by atoms with Crippen LogP contribution >= 0.6 is 11.8 Å². The summed E-state index contributed by atoms with van der Waals surface area (Å²) in [6, 6.07) is 10.1. The van der Waals surface area contributed by atoms with Crippen molar-refractivity contribution in [3.05, 3.63) is 30.3 Å². The molecule has 4 heteroatoms. The van der Waals surface area contributed by atoms with E-state index in [1.165, 1.54) is 4.90 Å². The van der Waals surface area contributed by atoms with Crippen molar-refractivity contribution in [2.24, 2.45) is 5.92 Å². The number of rotatable bonds is 6. The Kier molecular flexibility index (Phi) is 5.92. The third-order valence-electron chi connectivity index (χ3n) is 3.85. The molecule has 1 aliphatic rings. The van der Waals surface area contributed by atoms with Crippen LogP contribution in [0, 0.1) is 5.92 Å². The lowest BCUT2D eigenvalue weighted by Crippen LogP contribution is -2.32. The van der Waals surface area contributed by atoms with E-state index in [0.717, 1.165) is 32.6 Å². The van der Waals surface area contributed by atoms with E-state index in [4.69, 9.17) is 0 Å². The Morgan fingerprint density at radius 2 is 2.15 bits per heavy atom. The van der Waals surface area contributed by atoms with E-state index in [2.05, 4.69) is 31.0 Å². The zero-order chi connectivity index (χ0) is 14.4. The Morgan fingerprint density at radius 3 is 2.85 bits per heavy atom. The third kappa shape index (κ3) is 4.53. The lowest BCUT2D eigenvalue weighted by Gasteiger charge is -2.20. The second kappa shape index (κ2) is 7.70. The molecular formula is C16H24N2OS. The molecule has 1 atom stereocenters. The molecule has 1 unspecified atom stereocenters. The molecule has 2 rings (SSSR count). The number of thioether (sulfide) groups is 1. The largest absolute Gasteiger partial charge is 0.342 e. The molecule has 0 saturated carbocycles. The Bertz CT molecular complexity index is 424. The smallest absolute Gasteiger partial charge is 0.232 e. The molecule has 0 aliphatic carbocycles. The van der Waals surface area contributed by atoms with Crippen LogP contribution in [-0.4, -0.2) is 54.7 Å². The molecule has 1 saturated heterocycles. The molecule has 110 valence electrons. The van der Waals surface area contributed by atoms with E-state index < -0.39 is 0 Å². The van der Waals surface area contributed by atoms with Gasteiger partial charge in [0.1, 0.15) is 0 Å². The first-order valence-corrected chi connectivity index (χ1v) is 8.31. The maximum Gasteiger partial charge on any atom is 0.232 e. The second-order valence-corrected chi connectivity index (χ2v) is 6.50. The summed E-state index contributed by atoms with van der Waals surface area (Å²) >= 11 is 1.63. The van der Waals surface area contributed by atoms with Gasteiger partial charge in [-0.1, -0.05) is 25.1 Å². The van der Waals surface area contributed by atoms with Crippen molar-refractivity contribution in [2.75, 3.05) is 39.0 Å². The van der Waals surface area contributed by atoms with Gasteiger partial charge in [-0.15, -0.1) is 11.8 Å². The van der Waals surface area contributed by atoms with Gasteiger partial charge in [-0.3, -0.25) is 4.79 Å². The molecular weight excluding hydrogens is 268 g/mol. The number of hydrogen-bond acceptors (Lipinski definition) is 3. The molecule has 1 aromatic rings. The predicted octanol–water partition coefficient (Wildman–Crippen LogP) is 2.58. The fraction of sp³-hybridized carbons (Fsp3) is 0.562. The zero-order valence-corrected chi connectivity index (χ0v) is 13.2. The molecule has 3 nitrogen and oxygen atoms in total. The number of carbonyl (C=O) groups excluding carboxylic acids is 1. The Balaban J connectivity index is 1.74. The van der Waals surface area contributed by atoms with Crippen LogP contribution in [0.2, 0.25) is 0 Å². The average molecular weight is 292 g/mol. The van der Waals surface area contributed by atoms with Crippen LogP contribution in [0.5, 0.6) is 0 Å². The topological polar surface area (TPSA) is 23.6 Å². The number of carbonyl (C=O) groups is 1. The van der Waals surface area contributed by atoms with Crippen molar-refractivity contribution in [3.63, 3.8) is 0 Å². The van der Waals surface area contributed by atoms with E-state index >= 15 is 0 Å². The van der Waals surface area contributed by atoms with Crippen LogP contribution in [0.25, 0.3) is 0 Å². The minimum absolute atomic E-state index is 0.278. The molecule has 0 radical (unpaired) electrons. The number of hydrogen-bond donors (Lipinski definition) is 0. The first-order valence-electron chi connectivity index (χ1n) is 7.33. The fourth-order valence-electron chi connectivity index (χ4n) is 2.53. The van der Waals surface area contributed by atoms with E-state index in [0.29, 0.717) is 11.7 Å². The lowest BCUT2D eigenvalue weighted by molar-refractivity contribution is -0.127. The molecule has 1 fully saturated rings. The quantitative estimate of drug-likeness (QED) is 0.753. The standard InChI is InChI=1S/C16H24N2OS/c1-3-17(2)11-14-9-10-18(12-14)16(19)13-20-15-7-5-4-6-8-15/h4-8,14H,3,9-13H2,1-2H3. The van der Waals surface area contributed by atoms with Crippen molar-refractivity contribution in [1.29, 1.82) is 0 Å². The summed E-state index contributed by atoms with van der Waals surface area (Å²) in [5, 5.41) is 0. The summed E-state index contributed by atoms with van der Waals surface area (Å²) in [5.74, 6) is 1.48. The lowest BCUT2D eigenvalue weighted by atomic mass is 10.1. The number of benzene rings is 1. The van der Waals surface area contributed by atoms with Crippen molar-refractivity contribution in [1.82, 2.24) is 9.80 Å². The number of likely N-dealkylation sites (tertiary alicyclic amines) is 1. The zero-order valence-electron chi connectivity index (χ0n) is 12.4. The summed E-state index contributed by atoms with van der Waals surface area (Å²) in [6.07, 6.45) is 1.14. The summed E-state index contributed by atoms with van der Waals surface area (Å²) in [5.41, 5.74) is 0. The van der Waals surface area contributed by atoms with Gasteiger partial charge in [-0.25, -0.2) is 0 Å². The normalized spacial score (nSPS) is 18.8. The summed E-state index contributed by atoms with van der Waals surface area (Å²) in [6.45, 7) is 6.21.